The van der Waals surface area contributed by atoms with Crippen molar-refractivity contribution in [1.29, 1.82) is 0 Å². The molecule has 0 unspecified atom stereocenters. The molecule has 0 spiro atoms. The zero-order valence-electron chi connectivity index (χ0n) is 11.4. The molecule has 1 rings (SSSR count). The van der Waals surface area contributed by atoms with Crippen LogP contribution in [0.2, 0.25) is 0 Å². The van der Waals surface area contributed by atoms with Crippen LogP contribution in [0.25, 0.3) is 0 Å². The van der Waals surface area contributed by atoms with Crippen molar-refractivity contribution in [2.75, 3.05) is 20.6 Å². The van der Waals surface area contributed by atoms with Gasteiger partial charge < -0.3 is 10.4 Å². The summed E-state index contributed by atoms with van der Waals surface area (Å²) in [4.78, 5) is 20.6. The minimum absolute atomic E-state index is 0.0353. The van der Waals surface area contributed by atoms with Crippen molar-refractivity contribution in [3.05, 3.63) is 28.3 Å². The van der Waals surface area contributed by atoms with Gasteiger partial charge in [0, 0.05) is 33.1 Å². The molecule has 0 aliphatic heterocycles. The van der Waals surface area contributed by atoms with Gasteiger partial charge in [-0.05, 0) is 12.1 Å². The van der Waals surface area contributed by atoms with Gasteiger partial charge in [0.25, 0.3) is 0 Å². The van der Waals surface area contributed by atoms with Crippen LogP contribution >= 0.6 is 0 Å². The predicted molar refractivity (Wildman–Crippen MR) is 73.3 cm³/mol. The van der Waals surface area contributed by atoms with Gasteiger partial charge in [-0.25, -0.2) is 12.7 Å². The lowest BCUT2D eigenvalue weighted by molar-refractivity contribution is -0.386. The molecule has 1 amide bonds. The molecule has 0 atom stereocenters. The molecule has 2 N–H and O–H groups in total. The van der Waals surface area contributed by atoms with E-state index in [4.69, 9.17) is 0 Å². The van der Waals surface area contributed by atoms with Crippen LogP contribution in [0.15, 0.2) is 23.1 Å². The number of hydrogen-bond acceptors (Lipinski definition) is 6. The summed E-state index contributed by atoms with van der Waals surface area (Å²) >= 11 is 0. The van der Waals surface area contributed by atoms with Crippen LogP contribution < -0.4 is 5.32 Å². The Morgan fingerprint density at radius 2 is 2.10 bits per heavy atom. The van der Waals surface area contributed by atoms with Crippen LogP contribution in [0.3, 0.4) is 0 Å². The van der Waals surface area contributed by atoms with E-state index in [1.165, 1.54) is 14.1 Å². The lowest BCUT2D eigenvalue weighted by Gasteiger charge is -2.16. The molecule has 9 nitrogen and oxygen atoms in total. The number of nitro groups is 1. The number of phenols is 1. The number of phenolic OH excluding ortho intramolecular Hbond substituents is 1. The maximum absolute atomic E-state index is 12.2. The Morgan fingerprint density at radius 3 is 2.62 bits per heavy atom. The van der Waals surface area contributed by atoms with Crippen molar-refractivity contribution in [2.24, 2.45) is 0 Å². The Kier molecular flexibility index (Phi) is 5.22. The summed E-state index contributed by atoms with van der Waals surface area (Å²) in [5.41, 5.74) is -0.698. The molecule has 0 fully saturated rings. The number of rotatable bonds is 6. The van der Waals surface area contributed by atoms with Crippen molar-refractivity contribution in [1.82, 2.24) is 9.62 Å². The van der Waals surface area contributed by atoms with Gasteiger partial charge in [-0.15, -0.1) is 0 Å². The molecule has 1 aromatic rings. The highest BCUT2D eigenvalue weighted by Crippen LogP contribution is 2.29. The summed E-state index contributed by atoms with van der Waals surface area (Å²) in [6, 6.07) is 2.78. The number of aromatic hydroxyl groups is 1. The van der Waals surface area contributed by atoms with Gasteiger partial charge in [-0.3, -0.25) is 14.9 Å². The second-order valence-electron chi connectivity index (χ2n) is 4.16. The number of carbonyl (C=O) groups excluding carboxylic acids is 1. The van der Waals surface area contributed by atoms with Crippen LogP contribution in [0, 0.1) is 10.1 Å². The molecule has 0 saturated heterocycles. The van der Waals surface area contributed by atoms with E-state index in [-0.39, 0.29) is 23.8 Å². The summed E-state index contributed by atoms with van der Waals surface area (Å²) in [6.45, 7) is -0.0727. The second kappa shape index (κ2) is 6.50. The molecule has 10 heteroatoms. The number of hydrogen-bond donors (Lipinski definition) is 2. The summed E-state index contributed by atoms with van der Waals surface area (Å²) < 4.78 is 25.3. The zero-order valence-corrected chi connectivity index (χ0v) is 12.3. The predicted octanol–water partition coefficient (Wildman–Crippen LogP) is 0.0570. The molecule has 0 heterocycles. The molecule has 0 saturated carbocycles. The fraction of sp³-hybridized carbons (Fsp3) is 0.364. The Morgan fingerprint density at radius 1 is 1.48 bits per heavy atom. The average Bonchev–Trinajstić information content (AvgIpc) is 2.43. The average molecular weight is 317 g/mol. The molecule has 1 aromatic carbocycles. The first kappa shape index (κ1) is 16.9. The van der Waals surface area contributed by atoms with Crippen LogP contribution in [0.1, 0.15) is 6.42 Å². The van der Waals surface area contributed by atoms with E-state index in [0.29, 0.717) is 0 Å². The minimum atomic E-state index is -3.98. The van der Waals surface area contributed by atoms with Gasteiger partial charge in [0.1, 0.15) is 0 Å². The van der Waals surface area contributed by atoms with Gasteiger partial charge in [0.05, 0.1) is 9.82 Å². The maximum atomic E-state index is 12.2. The molecule has 0 aliphatic rings. The van der Waals surface area contributed by atoms with E-state index in [0.717, 1.165) is 22.5 Å². The Balaban J connectivity index is 3.05. The van der Waals surface area contributed by atoms with Gasteiger partial charge in [0.15, 0.2) is 5.75 Å². The Hall–Kier alpha value is -2.20. The number of nitrogens with zero attached hydrogens (tertiary/aromatic N) is 2. The van der Waals surface area contributed by atoms with Gasteiger partial charge in [0.2, 0.25) is 15.9 Å². The molecule has 0 bridgehead atoms. The number of nitro benzene ring substituents is 1. The third-order valence-corrected chi connectivity index (χ3v) is 4.64. The molecular weight excluding hydrogens is 302 g/mol. The van der Waals surface area contributed by atoms with Crippen molar-refractivity contribution in [3.8, 4) is 5.75 Å². The number of amides is 1. The highest BCUT2D eigenvalue weighted by molar-refractivity contribution is 7.89. The first-order valence-corrected chi connectivity index (χ1v) is 7.28. The normalized spacial score (nSPS) is 11.4. The maximum Gasteiger partial charge on any atom is 0.312 e. The fourth-order valence-electron chi connectivity index (χ4n) is 1.49. The second-order valence-corrected chi connectivity index (χ2v) is 6.20. The van der Waals surface area contributed by atoms with Crippen molar-refractivity contribution < 1.29 is 23.2 Å². The van der Waals surface area contributed by atoms with E-state index in [1.54, 1.807) is 0 Å². The summed E-state index contributed by atoms with van der Waals surface area (Å²) in [5.74, 6) is -0.944. The van der Waals surface area contributed by atoms with E-state index < -0.39 is 26.4 Å². The molecule has 21 heavy (non-hydrogen) atoms. The monoisotopic (exact) mass is 317 g/mol. The van der Waals surface area contributed by atoms with E-state index in [1.807, 2.05) is 0 Å². The van der Waals surface area contributed by atoms with Gasteiger partial charge >= 0.3 is 5.69 Å². The SMILES string of the molecule is CNC(=O)CCN(C)S(=O)(=O)c1ccc(O)c([N+](=O)[O-])c1. The standard InChI is InChI=1S/C11H15N3O6S/c1-12-11(16)5-6-13(2)21(19,20)8-3-4-10(15)9(7-8)14(17)18/h3-4,7,15H,5-6H2,1-2H3,(H,12,16). The third kappa shape index (κ3) is 3.89. The topological polar surface area (TPSA) is 130 Å². The lowest BCUT2D eigenvalue weighted by Crippen LogP contribution is -2.31. The quantitative estimate of drug-likeness (QED) is 0.563. The van der Waals surface area contributed by atoms with Crippen molar-refractivity contribution in [2.45, 2.75) is 11.3 Å². The van der Waals surface area contributed by atoms with E-state index in [2.05, 4.69) is 5.32 Å². The van der Waals surface area contributed by atoms with E-state index >= 15 is 0 Å². The Labute approximate surface area is 121 Å². The first-order valence-electron chi connectivity index (χ1n) is 5.84. The highest BCUT2D eigenvalue weighted by atomic mass is 32.2. The third-order valence-electron chi connectivity index (χ3n) is 2.78. The largest absolute Gasteiger partial charge is 0.502 e. The van der Waals surface area contributed by atoms with Crippen LogP contribution in [0.5, 0.6) is 5.75 Å². The highest BCUT2D eigenvalue weighted by Gasteiger charge is 2.25. The number of sulfonamides is 1. The molecule has 0 radical (unpaired) electrons. The van der Waals surface area contributed by atoms with E-state index in [9.17, 15) is 28.4 Å². The van der Waals surface area contributed by atoms with Crippen LogP contribution in [-0.2, 0) is 14.8 Å². The van der Waals surface area contributed by atoms with Crippen LogP contribution in [-0.4, -0.2) is 49.3 Å². The molecular formula is C11H15N3O6S. The minimum Gasteiger partial charge on any atom is -0.502 e. The summed E-state index contributed by atoms with van der Waals surface area (Å²) in [7, 11) is -1.29. The van der Waals surface area contributed by atoms with Gasteiger partial charge in [-0.2, -0.15) is 0 Å². The van der Waals surface area contributed by atoms with Gasteiger partial charge in [-0.1, -0.05) is 0 Å². The lowest BCUT2D eigenvalue weighted by atomic mass is 10.3. The fourth-order valence-corrected chi connectivity index (χ4v) is 2.69. The van der Waals surface area contributed by atoms with Crippen molar-refractivity contribution >= 4 is 21.6 Å². The number of carbonyl (C=O) groups is 1. The Bertz CT molecular complexity index is 658. The first-order chi connectivity index (χ1) is 9.70. The van der Waals surface area contributed by atoms with Crippen molar-refractivity contribution in [3.63, 3.8) is 0 Å². The summed E-state index contributed by atoms with van der Waals surface area (Å²) in [5, 5.41) is 22.4. The number of benzene rings is 1. The molecule has 116 valence electrons. The zero-order chi connectivity index (χ0) is 16.2. The smallest absolute Gasteiger partial charge is 0.312 e. The van der Waals surface area contributed by atoms with Crippen LogP contribution in [0.4, 0.5) is 5.69 Å². The molecule has 0 aromatic heterocycles. The number of nitrogens with one attached hydrogen (secondary N) is 1. The summed E-state index contributed by atoms with van der Waals surface area (Å²) in [6.07, 6.45) is -0.0353. The molecule has 0 aliphatic carbocycles.